The minimum Gasteiger partial charge on any atom is -0.466 e. The first-order chi connectivity index (χ1) is 8.98. The first kappa shape index (κ1) is 13.7. The fraction of sp³-hybridized carbons (Fsp3) is 0.600. The van der Waals surface area contributed by atoms with E-state index < -0.39 is 5.41 Å². The Bertz CT molecular complexity index is 519. The van der Waals surface area contributed by atoms with Crippen LogP contribution in [-0.2, 0) is 4.79 Å². The van der Waals surface area contributed by atoms with Crippen molar-refractivity contribution in [2.45, 2.75) is 52.5 Å². The Labute approximate surface area is 113 Å². The monoisotopic (exact) mass is 260 g/mol. The number of furan rings is 1. The van der Waals surface area contributed by atoms with E-state index in [9.17, 15) is 10.1 Å². The maximum Gasteiger partial charge on any atom is 0.240 e. The molecule has 0 aliphatic heterocycles. The summed E-state index contributed by atoms with van der Waals surface area (Å²) in [6.07, 6.45) is 3.26. The molecule has 1 atom stereocenters. The molecule has 1 unspecified atom stereocenters. The smallest absolute Gasteiger partial charge is 0.240 e. The largest absolute Gasteiger partial charge is 0.466 e. The molecule has 4 nitrogen and oxygen atoms in total. The summed E-state index contributed by atoms with van der Waals surface area (Å²) in [5.41, 5.74) is 0.165. The predicted molar refractivity (Wildman–Crippen MR) is 71.3 cm³/mol. The number of carbonyl (C=O) groups excluding carboxylic acids is 1. The van der Waals surface area contributed by atoms with Crippen molar-refractivity contribution < 1.29 is 9.21 Å². The van der Waals surface area contributed by atoms with E-state index in [1.54, 1.807) is 0 Å². The van der Waals surface area contributed by atoms with Gasteiger partial charge in [0, 0.05) is 5.56 Å². The summed E-state index contributed by atoms with van der Waals surface area (Å²) in [6.45, 7) is 5.70. The van der Waals surface area contributed by atoms with Gasteiger partial charge < -0.3 is 9.73 Å². The van der Waals surface area contributed by atoms with Gasteiger partial charge in [-0.15, -0.1) is 0 Å². The van der Waals surface area contributed by atoms with Gasteiger partial charge >= 0.3 is 0 Å². The molecular formula is C15H20N2O2. The Hall–Kier alpha value is -1.76. The fourth-order valence-corrected chi connectivity index (χ4v) is 2.86. The Kier molecular flexibility index (Phi) is 3.66. The number of hydrogen-bond donors (Lipinski definition) is 1. The van der Waals surface area contributed by atoms with Crippen molar-refractivity contribution in [3.8, 4) is 6.07 Å². The maximum atomic E-state index is 12.3. The number of nitrogens with one attached hydrogen (secondary N) is 1. The molecule has 1 aliphatic rings. The van der Waals surface area contributed by atoms with E-state index in [0.29, 0.717) is 12.8 Å². The lowest BCUT2D eigenvalue weighted by Gasteiger charge is -2.22. The van der Waals surface area contributed by atoms with Crippen LogP contribution < -0.4 is 5.32 Å². The molecule has 2 rings (SSSR count). The lowest BCUT2D eigenvalue weighted by atomic mass is 9.86. The lowest BCUT2D eigenvalue weighted by Crippen LogP contribution is -2.39. The van der Waals surface area contributed by atoms with Crippen LogP contribution >= 0.6 is 0 Å². The lowest BCUT2D eigenvalue weighted by molar-refractivity contribution is -0.128. The normalized spacial score (nSPS) is 18.8. The van der Waals surface area contributed by atoms with Crippen molar-refractivity contribution >= 4 is 5.91 Å². The molecule has 1 amide bonds. The van der Waals surface area contributed by atoms with Gasteiger partial charge in [0.1, 0.15) is 16.9 Å². The van der Waals surface area contributed by atoms with Gasteiger partial charge in [-0.05, 0) is 39.7 Å². The van der Waals surface area contributed by atoms with E-state index in [2.05, 4.69) is 11.4 Å². The van der Waals surface area contributed by atoms with Crippen LogP contribution in [0.15, 0.2) is 10.5 Å². The molecule has 102 valence electrons. The molecule has 0 radical (unpaired) electrons. The van der Waals surface area contributed by atoms with Crippen molar-refractivity contribution in [2.75, 3.05) is 0 Å². The van der Waals surface area contributed by atoms with Gasteiger partial charge in [0.15, 0.2) is 0 Å². The van der Waals surface area contributed by atoms with Crippen molar-refractivity contribution in [3.63, 3.8) is 0 Å². The van der Waals surface area contributed by atoms with Crippen LogP contribution in [0.4, 0.5) is 0 Å². The Balaban J connectivity index is 2.11. The van der Waals surface area contributed by atoms with Crippen molar-refractivity contribution in [1.82, 2.24) is 5.32 Å². The van der Waals surface area contributed by atoms with E-state index in [1.165, 1.54) is 0 Å². The van der Waals surface area contributed by atoms with Crippen LogP contribution in [0, 0.1) is 30.6 Å². The summed E-state index contributed by atoms with van der Waals surface area (Å²) in [5, 5.41) is 12.3. The zero-order valence-electron chi connectivity index (χ0n) is 11.7. The summed E-state index contributed by atoms with van der Waals surface area (Å²) in [5.74, 6) is 1.52. The second-order valence-corrected chi connectivity index (χ2v) is 5.46. The number of amides is 1. The number of nitriles is 1. The Morgan fingerprint density at radius 2 is 2.11 bits per heavy atom. The van der Waals surface area contributed by atoms with Crippen LogP contribution in [-0.4, -0.2) is 5.91 Å². The van der Waals surface area contributed by atoms with Gasteiger partial charge in [0.2, 0.25) is 5.91 Å². The molecular weight excluding hydrogens is 240 g/mol. The maximum absolute atomic E-state index is 12.3. The van der Waals surface area contributed by atoms with Gasteiger partial charge in [-0.3, -0.25) is 4.79 Å². The van der Waals surface area contributed by atoms with Gasteiger partial charge in [-0.2, -0.15) is 5.26 Å². The topological polar surface area (TPSA) is 66.0 Å². The molecule has 0 aromatic carbocycles. The fourth-order valence-electron chi connectivity index (χ4n) is 2.86. The van der Waals surface area contributed by atoms with Crippen molar-refractivity contribution in [3.05, 3.63) is 23.2 Å². The SMILES string of the molecule is Cc1cc(C(C)NC(=O)C2(C#N)CCCC2)c(C)o1. The molecule has 1 aliphatic carbocycles. The number of carbonyl (C=O) groups is 1. The van der Waals surface area contributed by atoms with Crippen LogP contribution in [0.2, 0.25) is 0 Å². The second-order valence-electron chi connectivity index (χ2n) is 5.46. The molecule has 1 heterocycles. The first-order valence-electron chi connectivity index (χ1n) is 6.78. The third-order valence-corrected chi connectivity index (χ3v) is 4.00. The van der Waals surface area contributed by atoms with E-state index >= 15 is 0 Å². The zero-order chi connectivity index (χ0) is 14.0. The molecule has 1 saturated carbocycles. The molecule has 1 N–H and O–H groups in total. The number of hydrogen-bond acceptors (Lipinski definition) is 3. The standard InChI is InChI=1S/C15H20N2O2/c1-10-8-13(12(3)19-10)11(2)17-14(18)15(9-16)6-4-5-7-15/h8,11H,4-7H2,1-3H3,(H,17,18). The summed E-state index contributed by atoms with van der Waals surface area (Å²) >= 11 is 0. The van der Waals surface area contributed by atoms with Gasteiger partial charge in [-0.1, -0.05) is 12.8 Å². The van der Waals surface area contributed by atoms with Gasteiger partial charge in [0.05, 0.1) is 12.1 Å². The highest BCUT2D eigenvalue weighted by atomic mass is 16.3. The highest BCUT2D eigenvalue weighted by Crippen LogP contribution is 2.38. The Morgan fingerprint density at radius 1 is 1.47 bits per heavy atom. The zero-order valence-corrected chi connectivity index (χ0v) is 11.7. The number of rotatable bonds is 3. The second kappa shape index (κ2) is 5.08. The predicted octanol–water partition coefficient (Wildman–Crippen LogP) is 3.16. The number of aryl methyl sites for hydroxylation is 2. The Morgan fingerprint density at radius 3 is 2.58 bits per heavy atom. The van der Waals surface area contributed by atoms with E-state index in [-0.39, 0.29) is 11.9 Å². The van der Waals surface area contributed by atoms with Crippen LogP contribution in [0.25, 0.3) is 0 Å². The molecule has 4 heteroatoms. The highest BCUT2D eigenvalue weighted by molar-refractivity contribution is 5.86. The van der Waals surface area contributed by atoms with Gasteiger partial charge in [0.25, 0.3) is 0 Å². The molecule has 0 bridgehead atoms. The van der Waals surface area contributed by atoms with Crippen molar-refractivity contribution in [2.24, 2.45) is 5.41 Å². The van der Waals surface area contributed by atoms with Crippen molar-refractivity contribution in [1.29, 1.82) is 5.26 Å². The summed E-state index contributed by atoms with van der Waals surface area (Å²) in [6, 6.07) is 4.03. The molecule has 0 spiro atoms. The van der Waals surface area contributed by atoms with Crippen LogP contribution in [0.1, 0.15) is 55.7 Å². The number of nitrogens with zero attached hydrogens (tertiary/aromatic N) is 1. The first-order valence-corrected chi connectivity index (χ1v) is 6.78. The van der Waals surface area contributed by atoms with E-state index in [4.69, 9.17) is 4.42 Å². The third kappa shape index (κ3) is 2.51. The van der Waals surface area contributed by atoms with Crippen LogP contribution in [0.3, 0.4) is 0 Å². The van der Waals surface area contributed by atoms with E-state index in [0.717, 1.165) is 29.9 Å². The summed E-state index contributed by atoms with van der Waals surface area (Å²) in [7, 11) is 0. The summed E-state index contributed by atoms with van der Waals surface area (Å²) in [4.78, 5) is 12.3. The summed E-state index contributed by atoms with van der Waals surface area (Å²) < 4.78 is 5.48. The van der Waals surface area contributed by atoms with Crippen LogP contribution in [0.5, 0.6) is 0 Å². The average Bonchev–Trinajstić information content (AvgIpc) is 2.96. The molecule has 0 saturated heterocycles. The molecule has 1 aromatic rings. The quantitative estimate of drug-likeness (QED) is 0.907. The minimum atomic E-state index is -0.819. The highest BCUT2D eigenvalue weighted by Gasteiger charge is 2.42. The van der Waals surface area contributed by atoms with E-state index in [1.807, 2.05) is 26.8 Å². The molecule has 19 heavy (non-hydrogen) atoms. The molecule has 1 aromatic heterocycles. The third-order valence-electron chi connectivity index (χ3n) is 4.00. The average molecular weight is 260 g/mol. The minimum absolute atomic E-state index is 0.129. The van der Waals surface area contributed by atoms with Gasteiger partial charge in [-0.25, -0.2) is 0 Å². The molecule has 1 fully saturated rings.